The Morgan fingerprint density at radius 3 is 2.72 bits per heavy atom. The topological polar surface area (TPSA) is 70.2 Å². The molecule has 0 aliphatic heterocycles. The van der Waals surface area contributed by atoms with Gasteiger partial charge in [-0.25, -0.2) is 0 Å². The average Bonchev–Trinajstić information content (AvgIpc) is 2.30. The summed E-state index contributed by atoms with van der Waals surface area (Å²) in [6.07, 6.45) is 0.447. The van der Waals surface area contributed by atoms with E-state index >= 15 is 0 Å². The second kappa shape index (κ2) is 4.64. The molecule has 0 aliphatic rings. The molecule has 0 spiro atoms. The zero-order valence-corrected chi connectivity index (χ0v) is 10.4. The van der Waals surface area contributed by atoms with Crippen LogP contribution in [-0.2, 0) is 4.79 Å². The van der Waals surface area contributed by atoms with Crippen LogP contribution >= 0.6 is 0 Å². The Morgan fingerprint density at radius 1 is 1.39 bits per heavy atom. The molecule has 1 atom stereocenters. The molecular weight excluding hydrogens is 230 g/mol. The van der Waals surface area contributed by atoms with Gasteiger partial charge in [-0.1, -0.05) is 18.6 Å². The molecule has 1 unspecified atom stereocenters. The van der Waals surface area contributed by atoms with E-state index in [-0.39, 0.29) is 5.43 Å². The minimum absolute atomic E-state index is 0.137. The van der Waals surface area contributed by atoms with Crippen molar-refractivity contribution in [2.45, 2.75) is 26.2 Å². The van der Waals surface area contributed by atoms with Crippen molar-refractivity contribution in [1.82, 2.24) is 4.98 Å². The van der Waals surface area contributed by atoms with Crippen molar-refractivity contribution in [3.05, 3.63) is 45.7 Å². The third kappa shape index (κ3) is 2.14. The lowest BCUT2D eigenvalue weighted by atomic mass is 10.0. The van der Waals surface area contributed by atoms with Gasteiger partial charge >= 0.3 is 5.97 Å². The Labute approximate surface area is 104 Å². The van der Waals surface area contributed by atoms with Crippen LogP contribution in [0.15, 0.2) is 29.1 Å². The summed E-state index contributed by atoms with van der Waals surface area (Å²) >= 11 is 0. The molecule has 4 heteroatoms. The minimum Gasteiger partial charge on any atom is -0.481 e. The smallest absolute Gasteiger partial charge is 0.312 e. The standard InChI is InChI=1S/C14H15NO3/c1-3-9(14(17)18)12-7-13(16)10-6-8(2)4-5-11(10)15-12/h4-7,9H,3H2,1-2H3,(H,15,16)(H,17,18). The van der Waals surface area contributed by atoms with Gasteiger partial charge in [-0.2, -0.15) is 0 Å². The van der Waals surface area contributed by atoms with Gasteiger partial charge in [0.15, 0.2) is 5.43 Å². The number of hydrogen-bond donors (Lipinski definition) is 2. The Kier molecular flexibility index (Phi) is 3.19. The fourth-order valence-corrected chi connectivity index (χ4v) is 2.10. The lowest BCUT2D eigenvalue weighted by molar-refractivity contribution is -0.138. The number of carbonyl (C=O) groups is 1. The normalized spacial score (nSPS) is 12.6. The molecule has 0 radical (unpaired) electrons. The number of rotatable bonds is 3. The van der Waals surface area contributed by atoms with Crippen molar-refractivity contribution in [1.29, 1.82) is 0 Å². The van der Waals surface area contributed by atoms with Crippen LogP contribution in [0.25, 0.3) is 10.9 Å². The van der Waals surface area contributed by atoms with E-state index in [1.54, 1.807) is 13.0 Å². The second-order valence-corrected chi connectivity index (χ2v) is 4.44. The van der Waals surface area contributed by atoms with Gasteiger partial charge in [0, 0.05) is 22.7 Å². The van der Waals surface area contributed by atoms with Crippen LogP contribution in [0.1, 0.15) is 30.5 Å². The maximum atomic E-state index is 12.0. The molecule has 1 aromatic heterocycles. The fourth-order valence-electron chi connectivity index (χ4n) is 2.10. The lowest BCUT2D eigenvalue weighted by Crippen LogP contribution is -2.15. The van der Waals surface area contributed by atoms with Gasteiger partial charge in [0.25, 0.3) is 0 Å². The van der Waals surface area contributed by atoms with E-state index in [9.17, 15) is 9.59 Å². The Morgan fingerprint density at radius 2 is 2.11 bits per heavy atom. The molecule has 0 saturated heterocycles. The fraction of sp³-hybridized carbons (Fsp3) is 0.286. The van der Waals surface area contributed by atoms with Crippen LogP contribution < -0.4 is 5.43 Å². The van der Waals surface area contributed by atoms with E-state index in [1.165, 1.54) is 6.07 Å². The molecular formula is C14H15NO3. The molecule has 0 amide bonds. The number of H-pyrrole nitrogens is 1. The van der Waals surface area contributed by atoms with Gasteiger partial charge in [0.1, 0.15) is 0 Å². The number of fused-ring (bicyclic) bond motifs is 1. The number of nitrogens with one attached hydrogen (secondary N) is 1. The summed E-state index contributed by atoms with van der Waals surface area (Å²) in [6, 6.07) is 6.90. The Hall–Kier alpha value is -2.10. The number of carboxylic acid groups (broad SMARTS) is 1. The van der Waals surface area contributed by atoms with Crippen LogP contribution in [0.5, 0.6) is 0 Å². The van der Waals surface area contributed by atoms with E-state index in [0.717, 1.165) is 5.56 Å². The Balaban J connectivity index is 2.66. The number of aromatic amines is 1. The number of carboxylic acids is 1. The largest absolute Gasteiger partial charge is 0.481 e. The highest BCUT2D eigenvalue weighted by Crippen LogP contribution is 2.19. The average molecular weight is 245 g/mol. The Bertz CT molecular complexity index is 658. The van der Waals surface area contributed by atoms with Crippen molar-refractivity contribution in [2.75, 3.05) is 0 Å². The molecule has 2 N–H and O–H groups in total. The lowest BCUT2D eigenvalue weighted by Gasteiger charge is -2.11. The first-order valence-electron chi connectivity index (χ1n) is 5.89. The molecule has 18 heavy (non-hydrogen) atoms. The maximum absolute atomic E-state index is 12.0. The first-order valence-corrected chi connectivity index (χ1v) is 5.89. The molecule has 1 aromatic carbocycles. The third-order valence-electron chi connectivity index (χ3n) is 3.09. The molecule has 94 valence electrons. The van der Waals surface area contributed by atoms with Crippen molar-refractivity contribution in [2.24, 2.45) is 0 Å². The van der Waals surface area contributed by atoms with Gasteiger partial charge in [-0.3, -0.25) is 9.59 Å². The van der Waals surface area contributed by atoms with E-state index in [2.05, 4.69) is 4.98 Å². The van der Waals surface area contributed by atoms with Crippen LogP contribution in [0, 0.1) is 6.92 Å². The number of aryl methyl sites for hydroxylation is 1. The molecule has 0 fully saturated rings. The molecule has 4 nitrogen and oxygen atoms in total. The van der Waals surface area contributed by atoms with Gasteiger partial charge in [0.2, 0.25) is 0 Å². The highest BCUT2D eigenvalue weighted by molar-refractivity contribution is 5.81. The molecule has 0 saturated carbocycles. The summed E-state index contributed by atoms with van der Waals surface area (Å²) in [5.41, 5.74) is 2.02. The van der Waals surface area contributed by atoms with Crippen LogP contribution in [0.3, 0.4) is 0 Å². The summed E-state index contributed by atoms with van der Waals surface area (Å²) in [6.45, 7) is 3.70. The quantitative estimate of drug-likeness (QED) is 0.872. The number of benzene rings is 1. The first kappa shape index (κ1) is 12.4. The monoisotopic (exact) mass is 245 g/mol. The van der Waals surface area contributed by atoms with E-state index in [0.29, 0.717) is 23.0 Å². The number of aliphatic carboxylic acids is 1. The summed E-state index contributed by atoms with van der Waals surface area (Å²) in [7, 11) is 0. The maximum Gasteiger partial charge on any atom is 0.312 e. The predicted octanol–water partition coefficient (Wildman–Crippen LogP) is 2.41. The molecule has 2 aromatic rings. The van der Waals surface area contributed by atoms with Crippen molar-refractivity contribution >= 4 is 16.9 Å². The number of aromatic nitrogens is 1. The SMILES string of the molecule is CCC(C(=O)O)c1cc(=O)c2cc(C)ccc2[nH]1. The van der Waals surface area contributed by atoms with Crippen LogP contribution in [-0.4, -0.2) is 16.1 Å². The zero-order chi connectivity index (χ0) is 13.3. The summed E-state index contributed by atoms with van der Waals surface area (Å²) in [5, 5.41) is 9.71. The second-order valence-electron chi connectivity index (χ2n) is 4.44. The number of hydrogen-bond acceptors (Lipinski definition) is 2. The van der Waals surface area contributed by atoms with E-state index in [1.807, 2.05) is 19.1 Å². The molecule has 1 heterocycles. The molecule has 2 rings (SSSR count). The predicted molar refractivity (Wildman–Crippen MR) is 70.0 cm³/mol. The van der Waals surface area contributed by atoms with Gasteiger partial charge in [0.05, 0.1) is 5.92 Å². The summed E-state index contributed by atoms with van der Waals surface area (Å²) < 4.78 is 0. The molecule has 0 bridgehead atoms. The highest BCUT2D eigenvalue weighted by Gasteiger charge is 2.19. The summed E-state index contributed by atoms with van der Waals surface area (Å²) in [4.78, 5) is 26.1. The van der Waals surface area contributed by atoms with Crippen molar-refractivity contribution in [3.8, 4) is 0 Å². The number of pyridine rings is 1. The molecule has 0 aliphatic carbocycles. The van der Waals surface area contributed by atoms with Crippen LogP contribution in [0.2, 0.25) is 0 Å². The summed E-state index contributed by atoms with van der Waals surface area (Å²) in [5.74, 6) is -1.58. The van der Waals surface area contributed by atoms with E-state index < -0.39 is 11.9 Å². The van der Waals surface area contributed by atoms with Gasteiger partial charge < -0.3 is 10.1 Å². The minimum atomic E-state index is -0.917. The van der Waals surface area contributed by atoms with Crippen molar-refractivity contribution < 1.29 is 9.90 Å². The van der Waals surface area contributed by atoms with E-state index in [4.69, 9.17) is 5.11 Å². The highest BCUT2D eigenvalue weighted by atomic mass is 16.4. The van der Waals surface area contributed by atoms with Gasteiger partial charge in [-0.05, 0) is 25.5 Å². The third-order valence-corrected chi connectivity index (χ3v) is 3.09. The van der Waals surface area contributed by atoms with Crippen molar-refractivity contribution in [3.63, 3.8) is 0 Å². The van der Waals surface area contributed by atoms with Crippen LogP contribution in [0.4, 0.5) is 0 Å². The first-order chi connectivity index (χ1) is 8.52. The van der Waals surface area contributed by atoms with Gasteiger partial charge in [-0.15, -0.1) is 0 Å². The zero-order valence-electron chi connectivity index (χ0n) is 10.4.